The summed E-state index contributed by atoms with van der Waals surface area (Å²) in [5, 5.41) is 9.50. The van der Waals surface area contributed by atoms with Gasteiger partial charge in [0.05, 0.1) is 6.10 Å². The second-order valence-corrected chi connectivity index (χ2v) is 5.40. The monoisotopic (exact) mass is 263 g/mol. The molecule has 0 unspecified atom stereocenters. The Balaban J connectivity index is 1.97. The van der Waals surface area contributed by atoms with Crippen LogP contribution in [-0.2, 0) is 0 Å². The average molecular weight is 263 g/mol. The van der Waals surface area contributed by atoms with Crippen molar-refractivity contribution in [1.29, 1.82) is 0 Å². The van der Waals surface area contributed by atoms with E-state index in [-0.39, 0.29) is 0 Å². The van der Waals surface area contributed by atoms with Crippen molar-refractivity contribution in [2.75, 3.05) is 31.6 Å². The topological polar surface area (TPSA) is 39.6 Å². The van der Waals surface area contributed by atoms with Crippen LogP contribution in [0.3, 0.4) is 0 Å². The van der Waals surface area contributed by atoms with Gasteiger partial charge in [0, 0.05) is 32.4 Å². The van der Waals surface area contributed by atoms with E-state index in [4.69, 9.17) is 0 Å². The third-order valence-electron chi connectivity index (χ3n) is 4.17. The van der Waals surface area contributed by atoms with Gasteiger partial charge in [-0.1, -0.05) is 13.0 Å². The molecule has 106 valence electrons. The molecule has 1 aromatic rings. The van der Waals surface area contributed by atoms with E-state index < -0.39 is 6.10 Å². The molecule has 0 aromatic carbocycles. The van der Waals surface area contributed by atoms with Crippen LogP contribution in [0.25, 0.3) is 0 Å². The van der Waals surface area contributed by atoms with Crippen molar-refractivity contribution >= 4 is 5.82 Å². The number of likely N-dealkylation sites (tertiary alicyclic amines) is 1. The van der Waals surface area contributed by atoms with Crippen LogP contribution in [0.4, 0.5) is 5.82 Å². The molecule has 19 heavy (non-hydrogen) atoms. The van der Waals surface area contributed by atoms with Gasteiger partial charge >= 0.3 is 0 Å². The molecule has 0 radical (unpaired) electrons. The van der Waals surface area contributed by atoms with Crippen molar-refractivity contribution in [3.05, 3.63) is 23.9 Å². The molecule has 0 amide bonds. The molecule has 2 rings (SSSR count). The maximum absolute atomic E-state index is 9.50. The van der Waals surface area contributed by atoms with Crippen molar-refractivity contribution in [3.8, 4) is 0 Å². The second-order valence-electron chi connectivity index (χ2n) is 5.40. The third kappa shape index (κ3) is 3.45. The van der Waals surface area contributed by atoms with Crippen molar-refractivity contribution in [1.82, 2.24) is 9.88 Å². The molecule has 1 atom stereocenters. The van der Waals surface area contributed by atoms with Crippen LogP contribution in [0, 0.1) is 0 Å². The fourth-order valence-corrected chi connectivity index (χ4v) is 2.66. The molecule has 0 saturated carbocycles. The van der Waals surface area contributed by atoms with Gasteiger partial charge in [-0.05, 0) is 37.9 Å². The summed E-state index contributed by atoms with van der Waals surface area (Å²) in [6.45, 7) is 7.49. The molecular formula is C15H25N3O. The molecule has 4 nitrogen and oxygen atoms in total. The molecule has 1 saturated heterocycles. The summed E-state index contributed by atoms with van der Waals surface area (Å²) in [6.07, 6.45) is 3.73. The lowest BCUT2D eigenvalue weighted by atomic mass is 10.0. The Bertz CT molecular complexity index is 383. The first kappa shape index (κ1) is 14.3. The highest BCUT2D eigenvalue weighted by Gasteiger charge is 2.22. The van der Waals surface area contributed by atoms with Gasteiger partial charge in [-0.15, -0.1) is 0 Å². The lowest BCUT2D eigenvalue weighted by molar-refractivity contribution is 0.199. The SMILES string of the molecule is CCN1CCC(N(C)c2ccc([C@@H](C)O)cn2)CC1. The summed E-state index contributed by atoms with van der Waals surface area (Å²) in [7, 11) is 2.12. The molecule has 0 aliphatic carbocycles. The molecule has 0 bridgehead atoms. The Hall–Kier alpha value is -1.13. The summed E-state index contributed by atoms with van der Waals surface area (Å²) in [5.41, 5.74) is 0.873. The Morgan fingerprint density at radius 1 is 1.42 bits per heavy atom. The summed E-state index contributed by atoms with van der Waals surface area (Å²) >= 11 is 0. The largest absolute Gasteiger partial charge is 0.389 e. The first-order valence-electron chi connectivity index (χ1n) is 7.21. The zero-order valence-electron chi connectivity index (χ0n) is 12.2. The Kier molecular flexibility index (Phi) is 4.77. The van der Waals surface area contributed by atoms with Crippen LogP contribution in [0.1, 0.15) is 38.4 Å². The second kappa shape index (κ2) is 6.35. The summed E-state index contributed by atoms with van der Waals surface area (Å²) in [4.78, 5) is 9.24. The van der Waals surface area contributed by atoms with Gasteiger partial charge in [0.25, 0.3) is 0 Å². The van der Waals surface area contributed by atoms with Crippen molar-refractivity contribution in [3.63, 3.8) is 0 Å². The number of piperidine rings is 1. The average Bonchev–Trinajstić information content (AvgIpc) is 2.46. The molecule has 1 aliphatic heterocycles. The van der Waals surface area contributed by atoms with E-state index in [0.717, 1.165) is 17.9 Å². The van der Waals surface area contributed by atoms with Gasteiger partial charge < -0.3 is 14.9 Å². The van der Waals surface area contributed by atoms with E-state index in [1.807, 2.05) is 12.1 Å². The molecular weight excluding hydrogens is 238 g/mol. The molecule has 2 heterocycles. The standard InChI is InChI=1S/C15H25N3O/c1-4-18-9-7-14(8-10-18)17(3)15-6-5-13(11-16-15)12(2)19/h5-6,11-12,14,19H,4,7-10H2,1-3H3/t12-/m1/s1. The number of hydrogen-bond acceptors (Lipinski definition) is 4. The van der Waals surface area contributed by atoms with Crippen molar-refractivity contribution in [2.45, 2.75) is 38.8 Å². The number of aliphatic hydroxyl groups is 1. The van der Waals surface area contributed by atoms with Crippen LogP contribution in [0.15, 0.2) is 18.3 Å². The van der Waals surface area contributed by atoms with Gasteiger partial charge in [-0.3, -0.25) is 0 Å². The number of nitrogens with zero attached hydrogens (tertiary/aromatic N) is 3. The van der Waals surface area contributed by atoms with Crippen LogP contribution in [-0.4, -0.2) is 47.7 Å². The minimum Gasteiger partial charge on any atom is -0.389 e. The predicted octanol–water partition coefficient (Wildman–Crippen LogP) is 2.06. The van der Waals surface area contributed by atoms with E-state index in [9.17, 15) is 5.11 Å². The number of hydrogen-bond donors (Lipinski definition) is 1. The normalized spacial score (nSPS) is 19.4. The quantitative estimate of drug-likeness (QED) is 0.902. The maximum Gasteiger partial charge on any atom is 0.128 e. The van der Waals surface area contributed by atoms with Crippen molar-refractivity contribution < 1.29 is 5.11 Å². The summed E-state index contributed by atoms with van der Waals surface area (Å²) < 4.78 is 0. The number of rotatable bonds is 4. The lowest BCUT2D eigenvalue weighted by Gasteiger charge is -2.36. The van der Waals surface area contributed by atoms with E-state index in [1.54, 1.807) is 13.1 Å². The van der Waals surface area contributed by atoms with Gasteiger partial charge in [-0.2, -0.15) is 0 Å². The van der Waals surface area contributed by atoms with E-state index in [0.29, 0.717) is 6.04 Å². The highest BCUT2D eigenvalue weighted by atomic mass is 16.3. The molecule has 1 N–H and O–H groups in total. The lowest BCUT2D eigenvalue weighted by Crippen LogP contribution is -2.43. The summed E-state index contributed by atoms with van der Waals surface area (Å²) in [5.74, 6) is 0.999. The van der Waals surface area contributed by atoms with Crippen LogP contribution < -0.4 is 4.90 Å². The van der Waals surface area contributed by atoms with Gasteiger partial charge in [0.2, 0.25) is 0 Å². The molecule has 1 fully saturated rings. The van der Waals surface area contributed by atoms with E-state index in [2.05, 4.69) is 28.8 Å². The zero-order chi connectivity index (χ0) is 13.8. The minimum atomic E-state index is -0.445. The van der Waals surface area contributed by atoms with Crippen molar-refractivity contribution in [2.24, 2.45) is 0 Å². The Labute approximate surface area is 116 Å². The maximum atomic E-state index is 9.50. The molecule has 4 heteroatoms. The van der Waals surface area contributed by atoms with Crippen LogP contribution >= 0.6 is 0 Å². The molecule has 0 spiro atoms. The first-order valence-corrected chi connectivity index (χ1v) is 7.21. The predicted molar refractivity (Wildman–Crippen MR) is 78.4 cm³/mol. The molecule has 1 aliphatic rings. The fraction of sp³-hybridized carbons (Fsp3) is 0.667. The van der Waals surface area contributed by atoms with Crippen LogP contribution in [0.5, 0.6) is 0 Å². The number of pyridine rings is 1. The molecule has 1 aromatic heterocycles. The Morgan fingerprint density at radius 3 is 2.58 bits per heavy atom. The van der Waals surface area contributed by atoms with Crippen LogP contribution in [0.2, 0.25) is 0 Å². The minimum absolute atomic E-state index is 0.445. The highest BCUT2D eigenvalue weighted by molar-refractivity contribution is 5.40. The number of aromatic nitrogens is 1. The van der Waals surface area contributed by atoms with Gasteiger partial charge in [-0.25, -0.2) is 4.98 Å². The number of aliphatic hydroxyl groups excluding tert-OH is 1. The summed E-state index contributed by atoms with van der Waals surface area (Å²) in [6, 6.07) is 4.55. The first-order chi connectivity index (χ1) is 9.11. The zero-order valence-corrected chi connectivity index (χ0v) is 12.2. The van der Waals surface area contributed by atoms with Gasteiger partial charge in [0.1, 0.15) is 5.82 Å². The highest BCUT2D eigenvalue weighted by Crippen LogP contribution is 2.21. The number of anilines is 1. The third-order valence-corrected chi connectivity index (χ3v) is 4.17. The smallest absolute Gasteiger partial charge is 0.128 e. The van der Waals surface area contributed by atoms with Gasteiger partial charge in [0.15, 0.2) is 0 Å². The van der Waals surface area contributed by atoms with E-state index >= 15 is 0 Å². The van der Waals surface area contributed by atoms with E-state index in [1.165, 1.54) is 25.9 Å². The Morgan fingerprint density at radius 2 is 2.11 bits per heavy atom. The fourth-order valence-electron chi connectivity index (χ4n) is 2.66.